The maximum atomic E-state index is 2.48. The molecule has 0 N–H and O–H groups in total. The van der Waals surface area contributed by atoms with Crippen LogP contribution in [-0.4, -0.2) is 9.13 Å². The van der Waals surface area contributed by atoms with Crippen LogP contribution in [0.5, 0.6) is 0 Å². The van der Waals surface area contributed by atoms with E-state index in [9.17, 15) is 0 Å². The third-order valence-electron chi connectivity index (χ3n) is 12.8. The molecule has 0 atom stereocenters. The van der Waals surface area contributed by atoms with Crippen LogP contribution in [-0.2, 0) is 0 Å². The van der Waals surface area contributed by atoms with Gasteiger partial charge in [-0.15, -0.1) is 0 Å². The fraction of sp³-hybridized carbons (Fsp3) is 0.0345. The number of nitrogens with zero attached hydrogens (tertiary/aromatic N) is 2. The molecule has 12 aromatic rings. The Labute approximate surface area is 348 Å². The molecule has 2 nitrogen and oxygen atoms in total. The molecular weight excluding hydrogens is 725 g/mol. The van der Waals surface area contributed by atoms with Crippen molar-refractivity contribution in [3.8, 4) is 44.8 Å². The van der Waals surface area contributed by atoms with Gasteiger partial charge in [-0.25, -0.2) is 0 Å². The maximum Gasteiger partial charge on any atom is 0.0547 e. The zero-order chi connectivity index (χ0) is 39.9. The van der Waals surface area contributed by atoms with E-state index in [0.717, 1.165) is 0 Å². The lowest BCUT2D eigenvalue weighted by molar-refractivity contribution is 1.20. The summed E-state index contributed by atoms with van der Waals surface area (Å²) in [5, 5.41) is 9.94. The summed E-state index contributed by atoms with van der Waals surface area (Å²) < 4.78 is 4.96. The molecule has 0 saturated carbocycles. The maximum absolute atomic E-state index is 2.48. The second-order valence-corrected chi connectivity index (χ2v) is 16.2. The molecule has 0 saturated heterocycles. The Morgan fingerprint density at radius 3 is 1.03 bits per heavy atom. The van der Waals surface area contributed by atoms with E-state index in [2.05, 4.69) is 229 Å². The highest BCUT2D eigenvalue weighted by Gasteiger charge is 2.20. The number of hydrogen-bond donors (Lipinski definition) is 0. The smallest absolute Gasteiger partial charge is 0.0547 e. The van der Waals surface area contributed by atoms with Crippen LogP contribution in [0.3, 0.4) is 0 Å². The molecule has 0 unspecified atom stereocenters. The zero-order valence-corrected chi connectivity index (χ0v) is 33.5. The number of hydrogen-bond acceptors (Lipinski definition) is 0. The zero-order valence-electron chi connectivity index (χ0n) is 33.5. The van der Waals surface area contributed by atoms with Gasteiger partial charge in [0.25, 0.3) is 0 Å². The summed E-state index contributed by atoms with van der Waals surface area (Å²) in [5.74, 6) is 0. The van der Waals surface area contributed by atoms with Crippen LogP contribution in [0.4, 0.5) is 0 Å². The Morgan fingerprint density at radius 2 is 0.600 bits per heavy atom. The molecule has 0 aliphatic carbocycles. The molecular formula is C58H40N2. The molecule has 10 aromatic carbocycles. The molecule has 12 rings (SSSR count). The van der Waals surface area contributed by atoms with Gasteiger partial charge in [0.05, 0.1) is 33.4 Å². The predicted molar refractivity (Wildman–Crippen MR) is 256 cm³/mol. The second kappa shape index (κ2) is 13.4. The van der Waals surface area contributed by atoms with Gasteiger partial charge in [-0.05, 0) is 106 Å². The third-order valence-corrected chi connectivity index (χ3v) is 12.8. The van der Waals surface area contributed by atoms with E-state index < -0.39 is 0 Å². The van der Waals surface area contributed by atoms with Gasteiger partial charge in [-0.3, -0.25) is 0 Å². The van der Waals surface area contributed by atoms with E-state index in [1.165, 1.54) is 121 Å². The highest BCUT2D eigenvalue weighted by Crippen LogP contribution is 2.43. The minimum absolute atomic E-state index is 1.18. The van der Waals surface area contributed by atoms with Gasteiger partial charge in [-0.2, -0.15) is 0 Å². The third kappa shape index (κ3) is 5.14. The Morgan fingerprint density at radius 1 is 0.250 bits per heavy atom. The molecule has 0 amide bonds. The Kier molecular flexibility index (Phi) is 7.70. The van der Waals surface area contributed by atoms with Crippen molar-refractivity contribution in [1.82, 2.24) is 9.13 Å². The van der Waals surface area contributed by atoms with Crippen molar-refractivity contribution in [2.45, 2.75) is 13.8 Å². The minimum atomic E-state index is 1.18. The molecule has 0 aliphatic heterocycles. The van der Waals surface area contributed by atoms with Gasteiger partial charge in [0, 0.05) is 32.3 Å². The number of aromatic nitrogens is 2. The van der Waals surface area contributed by atoms with Gasteiger partial charge >= 0.3 is 0 Å². The van der Waals surface area contributed by atoms with Crippen molar-refractivity contribution in [1.29, 1.82) is 0 Å². The number of benzene rings is 10. The van der Waals surface area contributed by atoms with Crippen LogP contribution in [0.1, 0.15) is 11.1 Å². The lowest BCUT2D eigenvalue weighted by Gasteiger charge is -2.18. The van der Waals surface area contributed by atoms with E-state index in [0.29, 0.717) is 0 Å². The van der Waals surface area contributed by atoms with E-state index in [-0.39, 0.29) is 0 Å². The summed E-state index contributed by atoms with van der Waals surface area (Å²) in [7, 11) is 0. The molecule has 0 fully saturated rings. The number of rotatable bonds is 5. The van der Waals surface area contributed by atoms with E-state index in [4.69, 9.17) is 0 Å². The Balaban J connectivity index is 1.08. The van der Waals surface area contributed by atoms with E-state index in [1.807, 2.05) is 0 Å². The van der Waals surface area contributed by atoms with Crippen molar-refractivity contribution in [2.75, 3.05) is 0 Å². The van der Waals surface area contributed by atoms with Crippen molar-refractivity contribution in [3.63, 3.8) is 0 Å². The Hall–Kier alpha value is -7.68. The van der Waals surface area contributed by atoms with E-state index in [1.54, 1.807) is 0 Å². The minimum Gasteiger partial charge on any atom is -0.309 e. The summed E-state index contributed by atoms with van der Waals surface area (Å²) in [6.45, 7) is 4.39. The fourth-order valence-electron chi connectivity index (χ4n) is 10.0. The largest absolute Gasteiger partial charge is 0.309 e. The first-order valence-electron chi connectivity index (χ1n) is 20.9. The average molecular weight is 765 g/mol. The number of fused-ring (bicyclic) bond motifs is 8. The molecule has 0 bridgehead atoms. The van der Waals surface area contributed by atoms with E-state index >= 15 is 0 Å². The van der Waals surface area contributed by atoms with Crippen molar-refractivity contribution in [2.24, 2.45) is 0 Å². The SMILES string of the molecule is Cc1ccccc1-c1ccc2c3ccccc3n(-c3ccc(-c4ccc(-n5c6ccccc6c6ccc(-c7ccccc7C)cc65)c5ccccc45)c4ccccc34)c2c1. The van der Waals surface area contributed by atoms with Crippen LogP contribution in [0, 0.1) is 13.8 Å². The number of para-hydroxylation sites is 2. The van der Waals surface area contributed by atoms with Crippen molar-refractivity contribution in [3.05, 3.63) is 217 Å². The van der Waals surface area contributed by atoms with Crippen LogP contribution < -0.4 is 0 Å². The highest BCUT2D eigenvalue weighted by atomic mass is 15.0. The summed E-state index contributed by atoms with van der Waals surface area (Å²) in [4.78, 5) is 0. The number of aryl methyl sites for hydroxylation is 2. The van der Waals surface area contributed by atoms with Crippen LogP contribution in [0.25, 0.3) is 110 Å². The van der Waals surface area contributed by atoms with Crippen LogP contribution >= 0.6 is 0 Å². The molecule has 282 valence electrons. The van der Waals surface area contributed by atoms with Gasteiger partial charge in [0.15, 0.2) is 0 Å². The van der Waals surface area contributed by atoms with Crippen molar-refractivity contribution >= 4 is 65.2 Å². The van der Waals surface area contributed by atoms with Gasteiger partial charge < -0.3 is 9.13 Å². The summed E-state index contributed by atoms with van der Waals surface area (Å²) in [6.07, 6.45) is 0. The first kappa shape index (κ1) is 34.4. The average Bonchev–Trinajstić information content (AvgIpc) is 3.80. The first-order valence-corrected chi connectivity index (χ1v) is 20.9. The van der Waals surface area contributed by atoms with Crippen molar-refractivity contribution < 1.29 is 0 Å². The monoisotopic (exact) mass is 764 g/mol. The molecule has 0 aliphatic rings. The molecule has 0 spiro atoms. The first-order chi connectivity index (χ1) is 29.6. The topological polar surface area (TPSA) is 9.86 Å². The normalized spacial score (nSPS) is 11.8. The standard InChI is InChI=1S/C58H40N2/c1-37-15-3-5-17-41(37)39-27-29-51-49-23-11-13-25-53(49)59(57(51)35-39)55-33-31-45(43-19-7-9-21-47(43)55)46-32-34-56(48-22-10-8-20-44(46)48)60-54-26-14-12-24-50(54)52-30-28-40(36-58(52)60)42-18-6-4-16-38(42)2/h3-36H,1-2H3. The molecule has 2 aromatic heterocycles. The van der Waals surface area contributed by atoms with Gasteiger partial charge in [0.1, 0.15) is 0 Å². The quantitative estimate of drug-likeness (QED) is 0.165. The molecule has 2 heteroatoms. The molecule has 2 heterocycles. The molecule has 60 heavy (non-hydrogen) atoms. The summed E-state index contributed by atoms with van der Waals surface area (Å²) in [5.41, 5.74) is 17.2. The lowest BCUT2D eigenvalue weighted by Crippen LogP contribution is -1.98. The molecule has 0 radical (unpaired) electrons. The van der Waals surface area contributed by atoms with Gasteiger partial charge in [0.2, 0.25) is 0 Å². The predicted octanol–water partition coefficient (Wildman–Crippen LogP) is 15.8. The highest BCUT2D eigenvalue weighted by molar-refractivity contribution is 6.15. The Bertz CT molecular complexity index is 3440. The summed E-state index contributed by atoms with van der Waals surface area (Å²) in [6, 6.07) is 76.2. The lowest BCUT2D eigenvalue weighted by atomic mass is 9.92. The van der Waals surface area contributed by atoms with Gasteiger partial charge in [-0.1, -0.05) is 170 Å². The van der Waals surface area contributed by atoms with Crippen LogP contribution in [0.2, 0.25) is 0 Å². The second-order valence-electron chi connectivity index (χ2n) is 16.2. The van der Waals surface area contributed by atoms with Crippen LogP contribution in [0.15, 0.2) is 206 Å². The summed E-state index contributed by atoms with van der Waals surface area (Å²) >= 11 is 0. The fourth-order valence-corrected chi connectivity index (χ4v) is 10.0.